The minimum atomic E-state index is 1.06. The Bertz CT molecular complexity index is 378. The molecule has 0 saturated heterocycles. The zero-order valence-electron chi connectivity index (χ0n) is 11.4. The molecule has 2 bridgehead atoms. The van der Waals surface area contributed by atoms with E-state index in [0.29, 0.717) is 0 Å². The van der Waals surface area contributed by atoms with Crippen LogP contribution in [0.1, 0.15) is 39.0 Å². The molecule has 5 saturated carbocycles. The van der Waals surface area contributed by atoms with E-state index in [2.05, 4.69) is 29.5 Å². The molecule has 0 aromatic carbocycles. The van der Waals surface area contributed by atoms with Gasteiger partial charge in [0.15, 0.2) is 0 Å². The second-order valence-electron chi connectivity index (χ2n) is 8.26. The summed E-state index contributed by atoms with van der Waals surface area (Å²) >= 11 is 2.68. The minimum Gasteiger partial charge on any atom is -0.0861 e. The van der Waals surface area contributed by atoms with Gasteiger partial charge in [0.05, 0.1) is 0 Å². The normalized spacial score (nSPS) is 67.7. The van der Waals surface area contributed by atoms with Crippen molar-refractivity contribution in [2.24, 2.45) is 59.2 Å². The van der Waals surface area contributed by atoms with Crippen LogP contribution in [0.5, 0.6) is 0 Å². The van der Waals surface area contributed by atoms with Crippen LogP contribution in [0.4, 0.5) is 0 Å². The predicted molar refractivity (Wildman–Crippen MR) is 82.5 cm³/mol. The van der Waals surface area contributed by atoms with Gasteiger partial charge in [-0.15, -0.1) is 0 Å². The van der Waals surface area contributed by atoms with E-state index in [1.54, 1.807) is 32.1 Å². The number of alkyl halides is 1. The summed E-state index contributed by atoms with van der Waals surface area (Å²) in [4.78, 5) is 0. The number of fused-ring (bicyclic) bond motifs is 11. The van der Waals surface area contributed by atoms with Crippen molar-refractivity contribution in [1.29, 1.82) is 0 Å². The van der Waals surface area contributed by atoms with Gasteiger partial charge in [-0.25, -0.2) is 0 Å². The highest BCUT2D eigenvalue weighted by atomic mass is 127. The van der Waals surface area contributed by atoms with Gasteiger partial charge < -0.3 is 0 Å². The third-order valence-corrected chi connectivity index (χ3v) is 9.23. The van der Waals surface area contributed by atoms with E-state index in [9.17, 15) is 0 Å². The summed E-state index contributed by atoms with van der Waals surface area (Å²) in [5.74, 6) is 11.7. The summed E-state index contributed by atoms with van der Waals surface area (Å²) in [7, 11) is 0. The Morgan fingerprint density at radius 2 is 1.50 bits per heavy atom. The molecule has 100 valence electrons. The van der Waals surface area contributed by atoms with Crippen LogP contribution in [0.2, 0.25) is 0 Å². The number of hydrogen-bond acceptors (Lipinski definition) is 0. The van der Waals surface area contributed by atoms with Gasteiger partial charge in [-0.2, -0.15) is 0 Å². The average molecular weight is 356 g/mol. The molecule has 10 unspecified atom stereocenters. The molecule has 0 aromatic heterocycles. The molecule has 18 heavy (non-hydrogen) atoms. The van der Waals surface area contributed by atoms with Crippen molar-refractivity contribution in [3.63, 3.8) is 0 Å². The van der Waals surface area contributed by atoms with Crippen LogP contribution < -0.4 is 0 Å². The van der Waals surface area contributed by atoms with E-state index in [0.717, 1.165) is 17.8 Å². The van der Waals surface area contributed by atoms with Crippen molar-refractivity contribution in [2.45, 2.75) is 39.0 Å². The molecule has 5 aliphatic carbocycles. The highest BCUT2D eigenvalue weighted by Gasteiger charge is 2.71. The van der Waals surface area contributed by atoms with Gasteiger partial charge in [0.2, 0.25) is 0 Å². The fraction of sp³-hybridized carbons (Fsp3) is 1.00. The first kappa shape index (κ1) is 11.4. The lowest BCUT2D eigenvalue weighted by atomic mass is 9.49. The SMILES string of the molecule is CC1CC(CI)C2C3CC(C12)C1C2CCCC2C31. The topological polar surface area (TPSA) is 0 Å². The van der Waals surface area contributed by atoms with Crippen LogP contribution >= 0.6 is 22.6 Å². The maximum Gasteiger partial charge on any atom is 0.00266 e. The van der Waals surface area contributed by atoms with Crippen LogP contribution in [-0.2, 0) is 0 Å². The Morgan fingerprint density at radius 1 is 0.833 bits per heavy atom. The molecule has 0 N–H and O–H groups in total. The third-order valence-electron chi connectivity index (χ3n) is 8.10. The van der Waals surface area contributed by atoms with E-state index in [4.69, 9.17) is 0 Å². The van der Waals surface area contributed by atoms with Crippen molar-refractivity contribution < 1.29 is 0 Å². The third kappa shape index (κ3) is 1.12. The Balaban J connectivity index is 1.51. The minimum absolute atomic E-state index is 1.06. The average Bonchev–Trinajstić information content (AvgIpc) is 3.03. The van der Waals surface area contributed by atoms with Crippen LogP contribution in [0.15, 0.2) is 0 Å². The van der Waals surface area contributed by atoms with Gasteiger partial charge in [0.1, 0.15) is 0 Å². The van der Waals surface area contributed by atoms with Gasteiger partial charge in [-0.1, -0.05) is 35.9 Å². The van der Waals surface area contributed by atoms with Crippen LogP contribution in [0, 0.1) is 59.2 Å². The van der Waals surface area contributed by atoms with E-state index in [1.165, 1.54) is 45.9 Å². The van der Waals surface area contributed by atoms with Gasteiger partial charge in [-0.3, -0.25) is 0 Å². The largest absolute Gasteiger partial charge is 0.0861 e. The van der Waals surface area contributed by atoms with E-state index in [-0.39, 0.29) is 0 Å². The van der Waals surface area contributed by atoms with Crippen LogP contribution in [0.3, 0.4) is 0 Å². The molecule has 0 radical (unpaired) electrons. The molecule has 0 spiro atoms. The summed E-state index contributed by atoms with van der Waals surface area (Å²) in [6.45, 7) is 2.59. The molecular weight excluding hydrogens is 331 g/mol. The highest BCUT2D eigenvalue weighted by molar-refractivity contribution is 14.1. The summed E-state index contributed by atoms with van der Waals surface area (Å²) in [6.07, 6.45) is 8.02. The predicted octanol–water partition coefficient (Wildman–Crippen LogP) is 4.62. The van der Waals surface area contributed by atoms with Crippen molar-refractivity contribution in [1.82, 2.24) is 0 Å². The van der Waals surface area contributed by atoms with Gasteiger partial charge in [-0.05, 0) is 84.9 Å². The fourth-order valence-electron chi connectivity index (χ4n) is 8.05. The lowest BCUT2D eigenvalue weighted by molar-refractivity contribution is -0.0849. The van der Waals surface area contributed by atoms with E-state index >= 15 is 0 Å². The molecule has 5 rings (SSSR count). The van der Waals surface area contributed by atoms with E-state index in [1.807, 2.05) is 0 Å². The van der Waals surface area contributed by atoms with Gasteiger partial charge in [0, 0.05) is 4.43 Å². The summed E-state index contributed by atoms with van der Waals surface area (Å²) < 4.78 is 1.44. The Labute approximate surface area is 125 Å². The van der Waals surface area contributed by atoms with Crippen LogP contribution in [-0.4, -0.2) is 4.43 Å². The molecule has 0 aromatic rings. The molecule has 5 aliphatic rings. The molecule has 10 atom stereocenters. The molecule has 1 heteroatoms. The summed E-state index contributed by atoms with van der Waals surface area (Å²) in [6, 6.07) is 0. The molecule has 0 nitrogen and oxygen atoms in total. The standard InChI is InChI=1S/C17H25I/c1-8-5-9(7-18)15-13-6-12(14(8)15)16-10-3-2-4-11(10)17(13)16/h8-17H,2-7H2,1H3. The van der Waals surface area contributed by atoms with Crippen molar-refractivity contribution in [2.75, 3.05) is 4.43 Å². The Kier molecular flexibility index (Phi) is 2.33. The summed E-state index contributed by atoms with van der Waals surface area (Å²) in [5.41, 5.74) is 0. The van der Waals surface area contributed by atoms with Crippen molar-refractivity contribution >= 4 is 22.6 Å². The van der Waals surface area contributed by atoms with Crippen molar-refractivity contribution in [3.8, 4) is 0 Å². The number of rotatable bonds is 1. The fourth-order valence-corrected chi connectivity index (χ4v) is 9.00. The van der Waals surface area contributed by atoms with Gasteiger partial charge >= 0.3 is 0 Å². The zero-order valence-corrected chi connectivity index (χ0v) is 13.6. The lowest BCUT2D eigenvalue weighted by Crippen LogP contribution is -2.52. The zero-order chi connectivity index (χ0) is 12.0. The Hall–Kier alpha value is 0.730. The smallest absolute Gasteiger partial charge is 0.00266 e. The first-order chi connectivity index (χ1) is 8.81. The maximum atomic E-state index is 2.68. The molecule has 5 fully saturated rings. The monoisotopic (exact) mass is 356 g/mol. The maximum absolute atomic E-state index is 2.68. The molecule has 0 heterocycles. The Morgan fingerprint density at radius 3 is 2.17 bits per heavy atom. The quantitative estimate of drug-likeness (QED) is 0.365. The highest BCUT2D eigenvalue weighted by Crippen LogP contribution is 2.76. The molecular formula is C17H25I. The van der Waals surface area contributed by atoms with Crippen molar-refractivity contribution in [3.05, 3.63) is 0 Å². The molecule has 0 amide bonds. The second kappa shape index (κ2) is 3.68. The number of hydrogen-bond donors (Lipinski definition) is 0. The lowest BCUT2D eigenvalue weighted by Gasteiger charge is -2.56. The van der Waals surface area contributed by atoms with Crippen LogP contribution in [0.25, 0.3) is 0 Å². The van der Waals surface area contributed by atoms with E-state index < -0.39 is 0 Å². The molecule has 0 aliphatic heterocycles. The first-order valence-electron chi connectivity index (χ1n) is 8.37. The number of halogens is 1. The first-order valence-corrected chi connectivity index (χ1v) is 9.89. The second-order valence-corrected chi connectivity index (χ2v) is 9.14. The summed E-state index contributed by atoms with van der Waals surface area (Å²) in [5, 5.41) is 0. The van der Waals surface area contributed by atoms with Gasteiger partial charge in [0.25, 0.3) is 0 Å².